The third-order valence-corrected chi connectivity index (χ3v) is 5.96. The Bertz CT molecular complexity index is 1600. The van der Waals surface area contributed by atoms with E-state index in [4.69, 9.17) is 4.42 Å². The summed E-state index contributed by atoms with van der Waals surface area (Å²) in [5, 5.41) is 14.0. The molecule has 0 spiro atoms. The lowest BCUT2D eigenvalue weighted by atomic mass is 9.90. The fourth-order valence-electron chi connectivity index (χ4n) is 4.06. The van der Waals surface area contributed by atoms with Crippen LogP contribution in [0.5, 0.6) is 5.75 Å². The summed E-state index contributed by atoms with van der Waals surface area (Å²) in [7, 11) is 0. The number of aromatic nitrogens is 1. The maximum absolute atomic E-state index is 13.7. The minimum absolute atomic E-state index is 0.0951. The van der Waals surface area contributed by atoms with Crippen LogP contribution in [0.1, 0.15) is 33.3 Å². The van der Waals surface area contributed by atoms with Gasteiger partial charge in [-0.3, -0.25) is 19.2 Å². The summed E-state index contributed by atoms with van der Waals surface area (Å²) in [6.07, 6.45) is 0. The minimum Gasteiger partial charge on any atom is -0.507 e. The third kappa shape index (κ3) is 4.14. The van der Waals surface area contributed by atoms with Gasteiger partial charge in [0.05, 0.1) is 11.3 Å². The number of aryl methyl sites for hydroxylation is 2. The van der Waals surface area contributed by atoms with E-state index in [0.29, 0.717) is 16.7 Å². The number of oxazole rings is 1. The molecule has 2 N–H and O–H groups in total. The number of nitrogens with zero attached hydrogens (tertiary/aromatic N) is 3. The van der Waals surface area contributed by atoms with E-state index in [0.717, 1.165) is 10.5 Å². The molecule has 4 aromatic rings. The molecule has 1 atom stereocenters. The van der Waals surface area contributed by atoms with Crippen LogP contribution in [0, 0.1) is 13.8 Å². The molecule has 37 heavy (non-hydrogen) atoms. The van der Waals surface area contributed by atoms with E-state index in [2.05, 4.69) is 15.5 Å². The number of fused-ring (bicyclic) bond motifs is 1. The number of para-hydroxylation sites is 3. The first-order valence-corrected chi connectivity index (χ1v) is 11.3. The number of carbonyl (C=O) groups excluding carboxylic acids is 4. The van der Waals surface area contributed by atoms with Gasteiger partial charge in [-0.25, -0.2) is 15.3 Å². The summed E-state index contributed by atoms with van der Waals surface area (Å²) in [6, 6.07) is 17.6. The van der Waals surface area contributed by atoms with Gasteiger partial charge >= 0.3 is 5.91 Å². The number of nitrogens with one attached hydrogen (secondary N) is 1. The number of rotatable bonds is 4. The van der Waals surface area contributed by atoms with Crippen molar-refractivity contribution in [1.82, 2.24) is 10.4 Å². The van der Waals surface area contributed by atoms with Gasteiger partial charge in [0.15, 0.2) is 11.5 Å². The predicted octanol–water partition coefficient (Wildman–Crippen LogP) is 3.16. The smallest absolute Gasteiger partial charge is 0.302 e. The van der Waals surface area contributed by atoms with E-state index < -0.39 is 35.1 Å². The van der Waals surface area contributed by atoms with Crippen LogP contribution in [-0.2, 0) is 14.4 Å². The maximum Gasteiger partial charge on any atom is 0.302 e. The number of hydrazone groups is 1. The molecule has 0 radical (unpaired) electrons. The quantitative estimate of drug-likeness (QED) is 0.251. The first kappa shape index (κ1) is 23.6. The Morgan fingerprint density at radius 1 is 1.00 bits per heavy atom. The van der Waals surface area contributed by atoms with Crippen LogP contribution in [0.3, 0.4) is 0 Å². The van der Waals surface area contributed by atoms with Crippen LogP contribution < -0.4 is 10.3 Å². The van der Waals surface area contributed by atoms with Crippen LogP contribution in [0.4, 0.5) is 5.69 Å². The van der Waals surface area contributed by atoms with Crippen LogP contribution in [0.15, 0.2) is 76.2 Å². The fourth-order valence-corrected chi connectivity index (χ4v) is 4.06. The second kappa shape index (κ2) is 9.15. The lowest BCUT2D eigenvalue weighted by Crippen LogP contribution is -2.55. The van der Waals surface area contributed by atoms with Gasteiger partial charge < -0.3 is 9.52 Å². The number of imide groups is 1. The van der Waals surface area contributed by atoms with Crippen molar-refractivity contribution in [2.24, 2.45) is 5.10 Å². The van der Waals surface area contributed by atoms with Gasteiger partial charge in [-0.2, -0.15) is 5.10 Å². The molecule has 184 valence electrons. The van der Waals surface area contributed by atoms with Crippen molar-refractivity contribution < 1.29 is 28.7 Å². The van der Waals surface area contributed by atoms with Crippen LogP contribution in [0.2, 0.25) is 0 Å². The van der Waals surface area contributed by atoms with Crippen molar-refractivity contribution in [2.75, 3.05) is 4.90 Å². The topological polar surface area (TPSA) is 142 Å². The molecule has 1 aliphatic heterocycles. The molecule has 3 aromatic carbocycles. The number of hydrogen-bond acceptors (Lipinski definition) is 8. The number of anilines is 1. The van der Waals surface area contributed by atoms with Crippen molar-refractivity contribution in [2.45, 2.75) is 19.8 Å². The number of phenols is 1. The van der Waals surface area contributed by atoms with Gasteiger partial charge in [0.2, 0.25) is 11.7 Å². The molecule has 5 rings (SSSR count). The number of aromatic hydroxyl groups is 1. The van der Waals surface area contributed by atoms with Crippen molar-refractivity contribution in [1.29, 1.82) is 0 Å². The highest BCUT2D eigenvalue weighted by molar-refractivity contribution is 6.67. The van der Waals surface area contributed by atoms with E-state index in [-0.39, 0.29) is 22.9 Å². The first-order valence-electron chi connectivity index (χ1n) is 11.3. The zero-order chi connectivity index (χ0) is 26.3. The number of carbonyl (C=O) groups is 4. The molecule has 0 bridgehead atoms. The molecule has 1 aliphatic rings. The number of amides is 3. The summed E-state index contributed by atoms with van der Waals surface area (Å²) in [5.74, 6) is -5.89. The molecule has 10 nitrogen and oxygen atoms in total. The summed E-state index contributed by atoms with van der Waals surface area (Å²) in [6.45, 7) is 3.48. The SMILES string of the molecule is Cc1ccc(C)c(N2C(=O)C(=O)C(c3nc4ccccc4o3)/C(=N\NC(=O)c3ccccc3O)C2=O)c1. The number of benzene rings is 3. The predicted molar refractivity (Wildman–Crippen MR) is 133 cm³/mol. The monoisotopic (exact) mass is 496 g/mol. The lowest BCUT2D eigenvalue weighted by Gasteiger charge is -2.29. The average Bonchev–Trinajstić information content (AvgIpc) is 3.31. The number of piperidine rings is 1. The molecular formula is C27H20N4O6. The zero-order valence-electron chi connectivity index (χ0n) is 19.8. The number of ketones is 1. The van der Waals surface area contributed by atoms with Crippen molar-refractivity contribution in [3.63, 3.8) is 0 Å². The Hall–Kier alpha value is -5.12. The first-order chi connectivity index (χ1) is 17.8. The fraction of sp³-hybridized carbons (Fsp3) is 0.111. The molecule has 0 aliphatic carbocycles. The van der Waals surface area contributed by atoms with Gasteiger partial charge in [-0.05, 0) is 55.3 Å². The largest absolute Gasteiger partial charge is 0.507 e. The normalized spacial score (nSPS) is 17.0. The summed E-state index contributed by atoms with van der Waals surface area (Å²) in [4.78, 5) is 58.1. The summed E-state index contributed by atoms with van der Waals surface area (Å²) in [5.41, 5.74) is 3.99. The molecule has 3 amide bonds. The number of phenolic OH excluding ortho intramolecular Hbond substituents is 1. The Labute approximate surface area is 210 Å². The van der Waals surface area contributed by atoms with E-state index in [9.17, 15) is 24.3 Å². The van der Waals surface area contributed by atoms with Crippen LogP contribution in [-0.4, -0.2) is 39.3 Å². The summed E-state index contributed by atoms with van der Waals surface area (Å²) >= 11 is 0. The van der Waals surface area contributed by atoms with E-state index >= 15 is 0 Å². The average molecular weight is 496 g/mol. The molecule has 1 saturated heterocycles. The second-order valence-electron chi connectivity index (χ2n) is 8.51. The standard InChI is InChI=1S/C27H20N4O6/c1-14-11-12-15(2)18(13-14)31-26(35)22(29-30-24(34)16-7-3-5-9-19(16)32)21(23(33)27(31)36)25-28-17-8-4-6-10-20(17)37-25/h3-13,21,32H,1-2H3,(H,30,34)/b29-22+. The highest BCUT2D eigenvalue weighted by atomic mass is 16.3. The molecule has 1 unspecified atom stereocenters. The number of Topliss-reactive ketones (excluding diaryl/α,β-unsaturated/α-hetero) is 1. The maximum atomic E-state index is 13.7. The Morgan fingerprint density at radius 3 is 2.49 bits per heavy atom. The van der Waals surface area contributed by atoms with Gasteiger partial charge in [0.25, 0.3) is 11.8 Å². The summed E-state index contributed by atoms with van der Waals surface area (Å²) < 4.78 is 5.71. The second-order valence-corrected chi connectivity index (χ2v) is 8.51. The molecule has 1 fully saturated rings. The highest BCUT2D eigenvalue weighted by Crippen LogP contribution is 2.32. The van der Waals surface area contributed by atoms with Gasteiger partial charge in [0, 0.05) is 0 Å². The Balaban J connectivity index is 1.62. The van der Waals surface area contributed by atoms with Crippen LogP contribution >= 0.6 is 0 Å². The van der Waals surface area contributed by atoms with E-state index in [1.165, 1.54) is 18.2 Å². The van der Waals surface area contributed by atoms with Crippen molar-refractivity contribution in [3.05, 3.63) is 89.3 Å². The molecule has 10 heteroatoms. The van der Waals surface area contributed by atoms with Crippen molar-refractivity contribution in [3.8, 4) is 5.75 Å². The molecule has 0 saturated carbocycles. The van der Waals surface area contributed by atoms with Gasteiger partial charge in [-0.1, -0.05) is 36.4 Å². The molecule has 1 aromatic heterocycles. The van der Waals surface area contributed by atoms with Gasteiger partial charge in [0.1, 0.15) is 17.0 Å². The van der Waals surface area contributed by atoms with E-state index in [1.54, 1.807) is 56.3 Å². The van der Waals surface area contributed by atoms with Gasteiger partial charge in [-0.15, -0.1) is 0 Å². The highest BCUT2D eigenvalue weighted by Gasteiger charge is 2.49. The molecular weight excluding hydrogens is 476 g/mol. The lowest BCUT2D eigenvalue weighted by molar-refractivity contribution is -0.139. The van der Waals surface area contributed by atoms with Crippen molar-refractivity contribution >= 4 is 46.0 Å². The minimum atomic E-state index is -1.58. The van der Waals surface area contributed by atoms with Crippen LogP contribution in [0.25, 0.3) is 11.1 Å². The Morgan fingerprint density at radius 2 is 1.73 bits per heavy atom. The zero-order valence-corrected chi connectivity index (χ0v) is 19.8. The third-order valence-electron chi connectivity index (χ3n) is 5.96. The van der Waals surface area contributed by atoms with E-state index in [1.807, 2.05) is 6.07 Å². The molecule has 2 heterocycles. The Kier molecular flexibility index (Phi) is 5.84. The number of hydrogen-bond donors (Lipinski definition) is 2.